The molecule has 1 aliphatic rings. The van der Waals surface area contributed by atoms with Gasteiger partial charge in [-0.25, -0.2) is 4.98 Å². The van der Waals surface area contributed by atoms with Crippen molar-refractivity contribution in [2.45, 2.75) is 0 Å². The number of aromatic amines is 1. The Kier molecular flexibility index (Phi) is 6.73. The van der Waals surface area contributed by atoms with Crippen LogP contribution in [0.2, 0.25) is 0 Å². The zero-order chi connectivity index (χ0) is 32.9. The zero-order valence-corrected chi connectivity index (χ0v) is 26.4. The summed E-state index contributed by atoms with van der Waals surface area (Å²) in [4.78, 5) is 38.4. The first-order valence-electron chi connectivity index (χ1n) is 16.3. The van der Waals surface area contributed by atoms with Gasteiger partial charge in [0.05, 0.1) is 11.4 Å². The first-order valence-corrected chi connectivity index (χ1v) is 16.3. The lowest BCUT2D eigenvalue weighted by Gasteiger charge is -2.26. The van der Waals surface area contributed by atoms with E-state index in [-0.39, 0.29) is 11.6 Å². The third kappa shape index (κ3) is 4.65. The van der Waals surface area contributed by atoms with Crippen LogP contribution in [0.1, 0.15) is 31.8 Å². The fourth-order valence-electron chi connectivity index (χ4n) is 7.18. The van der Waals surface area contributed by atoms with Gasteiger partial charge >= 0.3 is 0 Å². The van der Waals surface area contributed by atoms with E-state index in [0.29, 0.717) is 28.1 Å². The number of hydrogen-bond donors (Lipinski definition) is 1. The number of imidazole rings is 1. The molecule has 8 aromatic rings. The number of nitrogens with one attached hydrogen (secondary N) is 1. The lowest BCUT2D eigenvalue weighted by molar-refractivity contribution is 0.0980. The van der Waals surface area contributed by atoms with Crippen LogP contribution in [-0.4, -0.2) is 21.5 Å². The van der Waals surface area contributed by atoms with Crippen LogP contribution in [0, 0.1) is 0 Å². The summed E-state index contributed by atoms with van der Waals surface area (Å²) in [5.41, 5.74) is 9.42. The summed E-state index contributed by atoms with van der Waals surface area (Å²) >= 11 is 0. The fraction of sp³-hybridized carbons (Fsp3) is 0. The molecule has 0 saturated carbocycles. The van der Waals surface area contributed by atoms with E-state index in [2.05, 4.69) is 17.1 Å². The van der Waals surface area contributed by atoms with Crippen molar-refractivity contribution in [2.24, 2.45) is 0 Å². The molecule has 0 saturated heterocycles. The number of H-pyrrole nitrogens is 1. The second-order valence-corrected chi connectivity index (χ2v) is 12.2. The van der Waals surface area contributed by atoms with Gasteiger partial charge in [0.2, 0.25) is 0 Å². The van der Waals surface area contributed by atoms with Gasteiger partial charge in [-0.1, -0.05) is 152 Å². The smallest absolute Gasteiger partial charge is 0.195 e. The van der Waals surface area contributed by atoms with Gasteiger partial charge in [0.15, 0.2) is 11.6 Å². The van der Waals surface area contributed by atoms with Crippen LogP contribution in [0.25, 0.3) is 66.9 Å². The number of carbonyl (C=O) groups is 2. The summed E-state index contributed by atoms with van der Waals surface area (Å²) in [6, 6.07) is 53.5. The maximum Gasteiger partial charge on any atom is 0.195 e. The molecule has 4 heteroatoms. The SMILES string of the molecule is O=C1c2ccc(-c3nc(-c4ccccc4)c(-c4ccccc4)[nH]3)cc2C(=O)c2c1c(-c1ccccc1)c1ccccc1c2-c1ccccc1. The van der Waals surface area contributed by atoms with Crippen LogP contribution in [0.15, 0.2) is 164 Å². The van der Waals surface area contributed by atoms with Crippen LogP contribution in [0.5, 0.6) is 0 Å². The molecular weight excluding hydrogens is 601 g/mol. The summed E-state index contributed by atoms with van der Waals surface area (Å²) in [5, 5.41) is 1.86. The van der Waals surface area contributed by atoms with E-state index < -0.39 is 0 Å². The highest BCUT2D eigenvalue weighted by Gasteiger charge is 2.36. The predicted molar refractivity (Wildman–Crippen MR) is 197 cm³/mol. The van der Waals surface area contributed by atoms with Crippen molar-refractivity contribution in [2.75, 3.05) is 0 Å². The second kappa shape index (κ2) is 11.5. The molecule has 0 amide bonds. The second-order valence-electron chi connectivity index (χ2n) is 12.2. The number of aromatic nitrogens is 2. The molecule has 1 heterocycles. The Labute approximate surface area is 283 Å². The highest BCUT2D eigenvalue weighted by Crippen LogP contribution is 2.46. The van der Waals surface area contributed by atoms with Crippen molar-refractivity contribution >= 4 is 22.3 Å². The van der Waals surface area contributed by atoms with E-state index in [1.807, 2.05) is 146 Å². The maximum absolute atomic E-state index is 15.0. The molecule has 4 nitrogen and oxygen atoms in total. The topological polar surface area (TPSA) is 62.8 Å². The first-order chi connectivity index (χ1) is 24.2. The van der Waals surface area contributed by atoms with Gasteiger partial charge in [0.25, 0.3) is 0 Å². The van der Waals surface area contributed by atoms with Gasteiger partial charge in [-0.2, -0.15) is 0 Å². The number of fused-ring (bicyclic) bond motifs is 3. The van der Waals surface area contributed by atoms with Crippen LogP contribution in [-0.2, 0) is 0 Å². The summed E-state index contributed by atoms with van der Waals surface area (Å²) in [5.74, 6) is 0.289. The molecule has 49 heavy (non-hydrogen) atoms. The summed E-state index contributed by atoms with van der Waals surface area (Å²) in [7, 11) is 0. The van der Waals surface area contributed by atoms with Gasteiger partial charge in [0.1, 0.15) is 5.82 Å². The number of nitrogens with zero attached hydrogens (tertiary/aromatic N) is 1. The number of hydrogen-bond acceptors (Lipinski definition) is 3. The first kappa shape index (κ1) is 28.6. The predicted octanol–water partition coefficient (Wildman–Crippen LogP) is 10.7. The number of benzene rings is 7. The normalized spacial score (nSPS) is 12.2. The van der Waals surface area contributed by atoms with Gasteiger partial charge in [0, 0.05) is 50.1 Å². The quantitative estimate of drug-likeness (QED) is 0.206. The Balaban J connectivity index is 1.28. The number of rotatable bonds is 5. The van der Waals surface area contributed by atoms with Crippen molar-refractivity contribution < 1.29 is 9.59 Å². The van der Waals surface area contributed by atoms with E-state index in [1.54, 1.807) is 6.07 Å². The molecular formula is C45H28N2O2. The van der Waals surface area contributed by atoms with Crippen molar-refractivity contribution in [1.29, 1.82) is 0 Å². The molecule has 0 aliphatic heterocycles. The monoisotopic (exact) mass is 628 g/mol. The van der Waals surface area contributed by atoms with Gasteiger partial charge < -0.3 is 4.98 Å². The van der Waals surface area contributed by atoms with Crippen LogP contribution in [0.3, 0.4) is 0 Å². The lowest BCUT2D eigenvalue weighted by Crippen LogP contribution is -2.23. The Hall–Kier alpha value is -6.65. The van der Waals surface area contributed by atoms with E-state index in [1.165, 1.54) is 0 Å². The lowest BCUT2D eigenvalue weighted by atomic mass is 9.74. The minimum absolute atomic E-state index is 0.160. The van der Waals surface area contributed by atoms with E-state index in [9.17, 15) is 9.59 Å². The molecule has 0 bridgehead atoms. The third-order valence-corrected chi connectivity index (χ3v) is 9.39. The molecule has 7 aromatic carbocycles. The molecule has 0 radical (unpaired) electrons. The van der Waals surface area contributed by atoms with Gasteiger partial charge in [-0.05, 0) is 34.0 Å². The Morgan fingerprint density at radius 2 is 0.837 bits per heavy atom. The van der Waals surface area contributed by atoms with E-state index in [0.717, 1.165) is 61.1 Å². The molecule has 9 rings (SSSR count). The molecule has 0 spiro atoms. The number of ketones is 2. The fourth-order valence-corrected chi connectivity index (χ4v) is 7.18. The standard InChI is InChI=1S/C45H28N2O2/c48-43-35-26-25-32(45-46-41(30-19-9-3-10-20-30)42(47-45)31-21-11-4-12-22-31)27-36(35)44(49)40-38(29-17-7-2-8-18-29)34-24-14-13-23-33(34)37(39(40)43)28-15-5-1-6-16-28/h1-27H,(H,46,47). The number of carbonyl (C=O) groups excluding carboxylic acids is 2. The van der Waals surface area contributed by atoms with E-state index in [4.69, 9.17) is 4.98 Å². The van der Waals surface area contributed by atoms with Crippen molar-refractivity contribution in [3.05, 3.63) is 186 Å². The average Bonchev–Trinajstić information content (AvgIpc) is 3.63. The Morgan fingerprint density at radius 3 is 1.37 bits per heavy atom. The largest absolute Gasteiger partial charge is 0.337 e. The molecule has 0 atom stereocenters. The van der Waals surface area contributed by atoms with Crippen molar-refractivity contribution in [1.82, 2.24) is 9.97 Å². The molecule has 1 aliphatic carbocycles. The minimum atomic E-state index is -0.175. The molecule has 1 N–H and O–H groups in total. The zero-order valence-electron chi connectivity index (χ0n) is 26.4. The highest BCUT2D eigenvalue weighted by atomic mass is 16.1. The molecule has 0 fully saturated rings. The van der Waals surface area contributed by atoms with E-state index >= 15 is 0 Å². The molecule has 1 aromatic heterocycles. The molecule has 230 valence electrons. The summed E-state index contributed by atoms with van der Waals surface area (Å²) in [6.45, 7) is 0. The van der Waals surface area contributed by atoms with Crippen LogP contribution < -0.4 is 0 Å². The summed E-state index contributed by atoms with van der Waals surface area (Å²) < 4.78 is 0. The van der Waals surface area contributed by atoms with Crippen LogP contribution in [0.4, 0.5) is 0 Å². The van der Waals surface area contributed by atoms with Gasteiger partial charge in [-0.15, -0.1) is 0 Å². The minimum Gasteiger partial charge on any atom is -0.337 e. The highest BCUT2D eigenvalue weighted by molar-refractivity contribution is 6.35. The van der Waals surface area contributed by atoms with Crippen molar-refractivity contribution in [3.8, 4) is 56.2 Å². The third-order valence-electron chi connectivity index (χ3n) is 9.39. The Morgan fingerprint density at radius 1 is 0.388 bits per heavy atom. The van der Waals surface area contributed by atoms with Crippen LogP contribution >= 0.6 is 0 Å². The van der Waals surface area contributed by atoms with Gasteiger partial charge in [-0.3, -0.25) is 9.59 Å². The summed E-state index contributed by atoms with van der Waals surface area (Å²) in [6.07, 6.45) is 0. The molecule has 0 unspecified atom stereocenters. The average molecular weight is 629 g/mol. The Bertz CT molecular complexity index is 2500. The maximum atomic E-state index is 15.0. The van der Waals surface area contributed by atoms with Crippen molar-refractivity contribution in [3.63, 3.8) is 0 Å².